The van der Waals surface area contributed by atoms with Crippen LogP contribution in [0.25, 0.3) is 11.1 Å². The smallest absolute Gasteiger partial charge is 0.219 e. The second-order valence-corrected chi connectivity index (χ2v) is 8.82. The number of nitrogens with one attached hydrogen (secondary N) is 2. The quantitative estimate of drug-likeness (QED) is 0.468. The Morgan fingerprint density at radius 2 is 1.69 bits per heavy atom. The molecule has 2 N–H and O–H groups in total. The Kier molecular flexibility index (Phi) is 11.9. The summed E-state index contributed by atoms with van der Waals surface area (Å²) in [6, 6.07) is 12.6. The van der Waals surface area contributed by atoms with E-state index in [4.69, 9.17) is 9.47 Å². The summed E-state index contributed by atoms with van der Waals surface area (Å²) in [4.78, 5) is 13.6. The topological polar surface area (TPSA) is 62.8 Å². The van der Waals surface area contributed by atoms with E-state index in [1.165, 1.54) is 25.7 Å². The molecule has 1 unspecified atom stereocenters. The lowest BCUT2D eigenvalue weighted by Gasteiger charge is -2.17. The molecule has 4 rings (SSSR count). The number of nitrogens with zero attached hydrogens (tertiary/aromatic N) is 1. The Morgan fingerprint density at radius 1 is 1.06 bits per heavy atom. The summed E-state index contributed by atoms with van der Waals surface area (Å²) in [7, 11) is 1.80. The van der Waals surface area contributed by atoms with Crippen molar-refractivity contribution in [1.29, 1.82) is 0 Å². The number of hydrogen-bond acceptors (Lipinski definition) is 5. The van der Waals surface area contributed by atoms with Crippen LogP contribution in [0, 0.1) is 0 Å². The normalized spacial score (nSPS) is 15.7. The predicted molar refractivity (Wildman–Crippen MR) is 147 cm³/mol. The molecule has 2 aliphatic heterocycles. The Bertz CT molecular complexity index is 925. The van der Waals surface area contributed by atoms with Crippen molar-refractivity contribution in [2.45, 2.75) is 86.0 Å². The Morgan fingerprint density at radius 3 is 2.31 bits per heavy atom. The lowest BCUT2D eigenvalue weighted by atomic mass is 10.0. The van der Waals surface area contributed by atoms with Gasteiger partial charge in [-0.25, -0.2) is 0 Å². The van der Waals surface area contributed by atoms with Gasteiger partial charge in [-0.1, -0.05) is 52.7 Å². The van der Waals surface area contributed by atoms with Crippen LogP contribution in [0.3, 0.4) is 0 Å². The van der Waals surface area contributed by atoms with Gasteiger partial charge in [-0.2, -0.15) is 0 Å². The average Bonchev–Trinajstić information content (AvgIpc) is 3.10. The first-order chi connectivity index (χ1) is 16.9. The van der Waals surface area contributed by atoms with Crippen LogP contribution >= 0.6 is 0 Å². The van der Waals surface area contributed by atoms with Gasteiger partial charge in [0.1, 0.15) is 12.4 Å². The van der Waals surface area contributed by atoms with Crippen molar-refractivity contribution >= 4 is 17.3 Å². The zero-order chi connectivity index (χ0) is 25.8. The summed E-state index contributed by atoms with van der Waals surface area (Å²) < 4.78 is 11.0. The second kappa shape index (κ2) is 14.6. The number of rotatable bonds is 6. The van der Waals surface area contributed by atoms with E-state index in [0.717, 1.165) is 33.8 Å². The highest BCUT2D eigenvalue weighted by molar-refractivity contribution is 5.81. The number of carbonyl (C=O) groups excluding carboxylic acids is 1. The fourth-order valence-electron chi connectivity index (χ4n) is 4.34. The molecule has 1 amide bonds. The fourth-order valence-corrected chi connectivity index (χ4v) is 4.34. The highest BCUT2D eigenvalue weighted by Crippen LogP contribution is 2.35. The maximum atomic E-state index is 11.7. The summed E-state index contributed by atoms with van der Waals surface area (Å²) in [5.41, 5.74) is 5.59. The Labute approximate surface area is 212 Å². The SMILES string of the molecule is CC.CC(=O)N1CCOc2ccc(-c3ccc4c(c3)NC(C)N4)cc2C1.CCCC(CCC)OC. The lowest BCUT2D eigenvalue weighted by Crippen LogP contribution is -2.30. The molecule has 2 aliphatic rings. The number of hydrogen-bond donors (Lipinski definition) is 2. The summed E-state index contributed by atoms with van der Waals surface area (Å²) in [5, 5.41) is 6.79. The van der Waals surface area contributed by atoms with Crippen molar-refractivity contribution in [3.8, 4) is 16.9 Å². The van der Waals surface area contributed by atoms with Crippen LogP contribution < -0.4 is 15.4 Å². The number of methoxy groups -OCH3 is 1. The van der Waals surface area contributed by atoms with Crippen molar-refractivity contribution < 1.29 is 14.3 Å². The number of ether oxygens (including phenoxy) is 2. The van der Waals surface area contributed by atoms with Gasteiger partial charge in [0.2, 0.25) is 5.91 Å². The van der Waals surface area contributed by atoms with Gasteiger partial charge in [-0.05, 0) is 55.2 Å². The molecule has 0 bridgehead atoms. The standard InChI is InChI=1S/C19H21N3O2.C8H18O.C2H6/c1-12-20-17-5-3-15(10-18(17)21-12)14-4-6-19-16(9-14)11-22(13(2)23)7-8-24-19;1-4-6-8(9-3)7-5-2;1-2/h3-6,9-10,12,20-21H,7-8,11H2,1-2H3;8H,4-7H2,1-3H3;1-2H3. The minimum Gasteiger partial charge on any atom is -0.491 e. The molecule has 194 valence electrons. The average molecular weight is 484 g/mol. The van der Waals surface area contributed by atoms with Crippen LogP contribution in [-0.4, -0.2) is 43.3 Å². The molecule has 2 aromatic carbocycles. The molecule has 0 saturated carbocycles. The first-order valence-corrected chi connectivity index (χ1v) is 13.2. The summed E-state index contributed by atoms with van der Waals surface area (Å²) in [6.45, 7) is 13.9. The molecule has 1 atom stereocenters. The predicted octanol–water partition coefficient (Wildman–Crippen LogP) is 6.91. The van der Waals surface area contributed by atoms with Gasteiger partial charge < -0.3 is 25.0 Å². The molecule has 0 spiro atoms. The van der Waals surface area contributed by atoms with Crippen LogP contribution in [-0.2, 0) is 16.1 Å². The van der Waals surface area contributed by atoms with Crippen LogP contribution in [0.1, 0.15) is 72.8 Å². The zero-order valence-electron chi connectivity index (χ0n) is 22.7. The highest BCUT2D eigenvalue weighted by Gasteiger charge is 2.19. The van der Waals surface area contributed by atoms with Gasteiger partial charge in [-0.3, -0.25) is 4.79 Å². The number of anilines is 2. The molecule has 2 aromatic rings. The monoisotopic (exact) mass is 483 g/mol. The molecule has 6 nitrogen and oxygen atoms in total. The van der Waals surface area contributed by atoms with Gasteiger partial charge in [0.25, 0.3) is 0 Å². The van der Waals surface area contributed by atoms with Gasteiger partial charge in [0.15, 0.2) is 0 Å². The van der Waals surface area contributed by atoms with Crippen LogP contribution in [0.4, 0.5) is 11.4 Å². The number of fused-ring (bicyclic) bond motifs is 2. The van der Waals surface area contributed by atoms with Crippen molar-refractivity contribution in [3.05, 3.63) is 42.0 Å². The van der Waals surface area contributed by atoms with Crippen molar-refractivity contribution in [2.24, 2.45) is 0 Å². The van der Waals surface area contributed by atoms with E-state index in [2.05, 4.69) is 61.7 Å². The summed E-state index contributed by atoms with van der Waals surface area (Å²) in [6.07, 6.45) is 5.66. The van der Waals surface area contributed by atoms with E-state index in [-0.39, 0.29) is 12.1 Å². The highest BCUT2D eigenvalue weighted by atomic mass is 16.5. The summed E-state index contributed by atoms with van der Waals surface area (Å²) in [5.74, 6) is 0.954. The minimum absolute atomic E-state index is 0.0821. The van der Waals surface area contributed by atoms with Crippen LogP contribution in [0.15, 0.2) is 36.4 Å². The maximum Gasteiger partial charge on any atom is 0.219 e. The van der Waals surface area contributed by atoms with Crippen molar-refractivity contribution in [1.82, 2.24) is 4.90 Å². The first-order valence-electron chi connectivity index (χ1n) is 13.2. The van der Waals surface area contributed by atoms with E-state index < -0.39 is 0 Å². The van der Waals surface area contributed by atoms with Gasteiger partial charge >= 0.3 is 0 Å². The Hall–Kier alpha value is -2.73. The molecule has 0 radical (unpaired) electrons. The third kappa shape index (κ3) is 8.17. The van der Waals surface area contributed by atoms with Crippen molar-refractivity contribution in [3.63, 3.8) is 0 Å². The van der Waals surface area contributed by atoms with E-state index in [0.29, 0.717) is 25.8 Å². The number of amides is 1. The third-order valence-corrected chi connectivity index (χ3v) is 6.14. The maximum absolute atomic E-state index is 11.7. The van der Waals surface area contributed by atoms with Gasteiger partial charge in [0, 0.05) is 26.1 Å². The van der Waals surface area contributed by atoms with Gasteiger partial charge in [0.05, 0.1) is 30.2 Å². The summed E-state index contributed by atoms with van der Waals surface area (Å²) >= 11 is 0. The van der Waals surface area contributed by atoms with Crippen LogP contribution in [0.5, 0.6) is 5.75 Å². The molecule has 0 aromatic heterocycles. The van der Waals surface area contributed by atoms with E-state index in [9.17, 15) is 4.79 Å². The molecule has 6 heteroatoms. The van der Waals surface area contributed by atoms with E-state index in [1.807, 2.05) is 24.8 Å². The zero-order valence-corrected chi connectivity index (χ0v) is 22.7. The molecule has 35 heavy (non-hydrogen) atoms. The fraction of sp³-hybridized carbons (Fsp3) is 0.552. The molecule has 0 fully saturated rings. The van der Waals surface area contributed by atoms with Gasteiger partial charge in [-0.15, -0.1) is 0 Å². The second-order valence-electron chi connectivity index (χ2n) is 8.82. The van der Waals surface area contributed by atoms with E-state index in [1.54, 1.807) is 14.0 Å². The molecular formula is C29H45N3O3. The number of benzene rings is 2. The van der Waals surface area contributed by atoms with Crippen LogP contribution in [0.2, 0.25) is 0 Å². The minimum atomic E-state index is 0.0821. The molecule has 0 saturated heterocycles. The number of carbonyl (C=O) groups is 1. The largest absolute Gasteiger partial charge is 0.491 e. The Balaban J connectivity index is 0.000000335. The lowest BCUT2D eigenvalue weighted by molar-refractivity contribution is -0.129. The third-order valence-electron chi connectivity index (χ3n) is 6.14. The molecule has 0 aliphatic carbocycles. The molecular weight excluding hydrogens is 438 g/mol. The van der Waals surface area contributed by atoms with E-state index >= 15 is 0 Å². The first kappa shape index (κ1) is 28.5. The van der Waals surface area contributed by atoms with Crippen molar-refractivity contribution in [2.75, 3.05) is 30.9 Å². The molecule has 2 heterocycles.